The highest BCUT2D eigenvalue weighted by Gasteiger charge is 2.21. The molecule has 0 aromatic heterocycles. The maximum absolute atomic E-state index is 12.5. The lowest BCUT2D eigenvalue weighted by Crippen LogP contribution is -2.34. The normalized spacial score (nSPS) is 11.4. The Morgan fingerprint density at radius 3 is 2.36 bits per heavy atom. The molecule has 2 aromatic carbocycles. The number of carbonyl (C=O) groups excluding carboxylic acids is 3. The second-order valence-corrected chi connectivity index (χ2v) is 6.45. The fourth-order valence-electron chi connectivity index (χ4n) is 2.64. The van der Waals surface area contributed by atoms with Gasteiger partial charge in [0.2, 0.25) is 5.78 Å². The van der Waals surface area contributed by atoms with Crippen molar-refractivity contribution in [1.82, 2.24) is 5.32 Å². The van der Waals surface area contributed by atoms with Gasteiger partial charge >= 0.3 is 5.97 Å². The van der Waals surface area contributed by atoms with Gasteiger partial charge in [-0.25, -0.2) is 0 Å². The van der Waals surface area contributed by atoms with E-state index in [9.17, 15) is 14.4 Å². The number of carbonyl (C=O) groups is 3. The summed E-state index contributed by atoms with van der Waals surface area (Å²) in [6.45, 7) is 7.34. The fraction of sp³-hybridized carbons (Fsp3) is 0.318. The Labute approximate surface area is 164 Å². The Morgan fingerprint density at radius 2 is 1.71 bits per heavy atom. The highest BCUT2D eigenvalue weighted by Crippen LogP contribution is 2.15. The van der Waals surface area contributed by atoms with Crippen molar-refractivity contribution in [3.05, 3.63) is 64.7 Å². The Morgan fingerprint density at radius 1 is 1.04 bits per heavy atom. The van der Waals surface area contributed by atoms with Gasteiger partial charge in [-0.15, -0.1) is 0 Å². The molecule has 1 N–H and O–H groups in total. The van der Waals surface area contributed by atoms with E-state index in [-0.39, 0.29) is 12.3 Å². The third-order valence-corrected chi connectivity index (χ3v) is 4.16. The van der Waals surface area contributed by atoms with Crippen LogP contribution in [0.1, 0.15) is 45.7 Å². The third kappa shape index (κ3) is 5.67. The number of rotatable bonds is 8. The minimum atomic E-state index is -0.935. The van der Waals surface area contributed by atoms with E-state index in [1.54, 1.807) is 30.3 Å². The second kappa shape index (κ2) is 9.69. The van der Waals surface area contributed by atoms with Gasteiger partial charge in [-0.05, 0) is 63.6 Å². The monoisotopic (exact) mass is 383 g/mol. The van der Waals surface area contributed by atoms with Gasteiger partial charge in [-0.1, -0.05) is 17.7 Å². The average Bonchev–Trinajstić information content (AvgIpc) is 2.68. The minimum absolute atomic E-state index is 0.271. The van der Waals surface area contributed by atoms with Crippen LogP contribution in [0.3, 0.4) is 0 Å². The molecule has 0 radical (unpaired) electrons. The zero-order valence-electron chi connectivity index (χ0n) is 16.6. The van der Waals surface area contributed by atoms with E-state index in [4.69, 9.17) is 9.47 Å². The summed E-state index contributed by atoms with van der Waals surface area (Å²) in [5.41, 5.74) is 2.70. The maximum Gasteiger partial charge on any atom is 0.326 e. The van der Waals surface area contributed by atoms with Crippen molar-refractivity contribution in [2.24, 2.45) is 0 Å². The summed E-state index contributed by atoms with van der Waals surface area (Å²) in [6, 6.07) is 12.1. The first-order valence-corrected chi connectivity index (χ1v) is 9.13. The average molecular weight is 383 g/mol. The highest BCUT2D eigenvalue weighted by atomic mass is 16.5. The van der Waals surface area contributed by atoms with Gasteiger partial charge in [0.25, 0.3) is 5.91 Å². The van der Waals surface area contributed by atoms with Crippen LogP contribution in [0.2, 0.25) is 0 Å². The zero-order valence-corrected chi connectivity index (χ0v) is 16.6. The molecule has 0 bridgehead atoms. The lowest BCUT2D eigenvalue weighted by Gasteiger charge is -2.14. The highest BCUT2D eigenvalue weighted by molar-refractivity contribution is 6.02. The molecule has 0 fully saturated rings. The fourth-order valence-corrected chi connectivity index (χ4v) is 2.64. The van der Waals surface area contributed by atoms with E-state index in [0.29, 0.717) is 23.5 Å². The van der Waals surface area contributed by atoms with E-state index < -0.39 is 18.0 Å². The van der Waals surface area contributed by atoms with Crippen molar-refractivity contribution in [3.8, 4) is 5.75 Å². The number of hydrogen-bond donors (Lipinski definition) is 1. The molecule has 148 valence electrons. The number of Topliss-reactive ketones (excluding diaryl/α,β-unsaturated/α-hetero) is 1. The van der Waals surface area contributed by atoms with Gasteiger partial charge < -0.3 is 14.8 Å². The van der Waals surface area contributed by atoms with Crippen LogP contribution in [-0.2, 0) is 9.53 Å². The Kier molecular flexibility index (Phi) is 7.32. The third-order valence-electron chi connectivity index (χ3n) is 4.16. The quantitative estimate of drug-likeness (QED) is 0.559. The van der Waals surface area contributed by atoms with Gasteiger partial charge in [0.15, 0.2) is 6.10 Å². The number of ether oxygens (including phenoxy) is 2. The van der Waals surface area contributed by atoms with Crippen molar-refractivity contribution in [2.75, 3.05) is 13.2 Å². The topological polar surface area (TPSA) is 81.7 Å². The molecule has 0 saturated carbocycles. The van der Waals surface area contributed by atoms with Gasteiger partial charge in [-0.2, -0.15) is 0 Å². The predicted octanol–water partition coefficient (Wildman–Crippen LogP) is 3.25. The van der Waals surface area contributed by atoms with E-state index in [1.807, 2.05) is 32.9 Å². The van der Waals surface area contributed by atoms with Gasteiger partial charge in [0.05, 0.1) is 6.61 Å². The van der Waals surface area contributed by atoms with Crippen LogP contribution in [0.4, 0.5) is 0 Å². The van der Waals surface area contributed by atoms with Crippen LogP contribution < -0.4 is 10.1 Å². The first kappa shape index (κ1) is 21.2. The molecule has 1 amide bonds. The molecular formula is C22H25NO5. The number of esters is 1. The summed E-state index contributed by atoms with van der Waals surface area (Å²) in [7, 11) is 0. The summed E-state index contributed by atoms with van der Waals surface area (Å²) in [5, 5.41) is 2.49. The number of hydrogen-bond acceptors (Lipinski definition) is 5. The van der Waals surface area contributed by atoms with Crippen LogP contribution >= 0.6 is 0 Å². The Bertz CT molecular complexity index is 858. The van der Waals surface area contributed by atoms with Crippen molar-refractivity contribution < 1.29 is 23.9 Å². The molecule has 0 aliphatic carbocycles. The molecule has 0 spiro atoms. The van der Waals surface area contributed by atoms with Crippen LogP contribution in [-0.4, -0.2) is 36.9 Å². The van der Waals surface area contributed by atoms with Gasteiger partial charge in [-0.3, -0.25) is 14.4 Å². The first-order valence-electron chi connectivity index (χ1n) is 9.13. The lowest BCUT2D eigenvalue weighted by atomic mass is 9.99. The zero-order chi connectivity index (χ0) is 20.7. The molecule has 1 atom stereocenters. The van der Waals surface area contributed by atoms with Crippen LogP contribution in [0.25, 0.3) is 0 Å². The van der Waals surface area contributed by atoms with E-state index in [2.05, 4.69) is 5.32 Å². The van der Waals surface area contributed by atoms with Crippen molar-refractivity contribution in [3.63, 3.8) is 0 Å². The van der Waals surface area contributed by atoms with Crippen molar-refractivity contribution >= 4 is 17.7 Å². The molecule has 28 heavy (non-hydrogen) atoms. The number of nitrogens with one attached hydrogen (secondary N) is 1. The Balaban J connectivity index is 1.88. The molecule has 2 rings (SSSR count). The first-order chi connectivity index (χ1) is 13.3. The van der Waals surface area contributed by atoms with E-state index in [1.165, 1.54) is 6.92 Å². The molecule has 0 aliphatic heterocycles. The Hall–Kier alpha value is -3.15. The summed E-state index contributed by atoms with van der Waals surface area (Å²) >= 11 is 0. The summed E-state index contributed by atoms with van der Waals surface area (Å²) in [4.78, 5) is 36.6. The molecule has 6 heteroatoms. The smallest absolute Gasteiger partial charge is 0.326 e. The molecule has 6 nitrogen and oxygen atoms in total. The standard InChI is InChI=1S/C22H25NO5/c1-5-27-18-10-8-17(9-11-18)22(26)23-13-20(24)28-16(4)21(25)19-12-14(2)6-7-15(19)3/h6-12,16H,5,13H2,1-4H3,(H,23,26)/t16-/m0/s1. The predicted molar refractivity (Wildman–Crippen MR) is 106 cm³/mol. The van der Waals surface area contributed by atoms with Crippen LogP contribution in [0, 0.1) is 13.8 Å². The number of aryl methyl sites for hydroxylation is 2. The van der Waals surface area contributed by atoms with Crippen molar-refractivity contribution in [1.29, 1.82) is 0 Å². The molecular weight excluding hydrogens is 358 g/mol. The molecule has 0 saturated heterocycles. The molecule has 0 unspecified atom stereocenters. The van der Waals surface area contributed by atoms with Gasteiger partial charge in [0, 0.05) is 11.1 Å². The number of amides is 1. The lowest BCUT2D eigenvalue weighted by molar-refractivity contribution is -0.145. The maximum atomic E-state index is 12.5. The summed E-state index contributed by atoms with van der Waals surface area (Å²) in [5.74, 6) is -0.691. The van der Waals surface area contributed by atoms with Crippen LogP contribution in [0.15, 0.2) is 42.5 Å². The van der Waals surface area contributed by atoms with Crippen LogP contribution in [0.5, 0.6) is 5.75 Å². The largest absolute Gasteiger partial charge is 0.494 e. The van der Waals surface area contributed by atoms with Crippen molar-refractivity contribution in [2.45, 2.75) is 33.8 Å². The summed E-state index contributed by atoms with van der Waals surface area (Å²) in [6.07, 6.45) is -0.935. The molecule has 0 aliphatic rings. The van der Waals surface area contributed by atoms with E-state index >= 15 is 0 Å². The number of benzene rings is 2. The van der Waals surface area contributed by atoms with E-state index in [0.717, 1.165) is 11.1 Å². The van der Waals surface area contributed by atoms with Gasteiger partial charge in [0.1, 0.15) is 12.3 Å². The summed E-state index contributed by atoms with van der Waals surface area (Å²) < 4.78 is 10.5. The SMILES string of the molecule is CCOc1ccc(C(=O)NCC(=O)O[C@@H](C)C(=O)c2cc(C)ccc2C)cc1. The molecule has 0 heterocycles. The molecule has 2 aromatic rings. The minimum Gasteiger partial charge on any atom is -0.494 e. The number of ketones is 1. The second-order valence-electron chi connectivity index (χ2n) is 6.45.